The van der Waals surface area contributed by atoms with E-state index < -0.39 is 0 Å². The minimum atomic E-state index is -0.326. The number of hydrogen-bond acceptors (Lipinski definition) is 3. The van der Waals surface area contributed by atoms with Crippen LogP contribution in [0.2, 0.25) is 0 Å². The number of amides is 1. The number of alkyl carbamates (subject to hydrolysis) is 1. The van der Waals surface area contributed by atoms with Crippen LogP contribution in [0.5, 0.6) is 0 Å². The maximum absolute atomic E-state index is 14.2. The molecule has 0 saturated carbocycles. The molecule has 2 atom stereocenters. The summed E-state index contributed by atoms with van der Waals surface area (Å²) in [5.74, 6) is 0.269. The molecule has 3 fully saturated rings. The van der Waals surface area contributed by atoms with Gasteiger partial charge in [-0.05, 0) is 73.5 Å². The van der Waals surface area contributed by atoms with Crippen LogP contribution in [0.3, 0.4) is 0 Å². The number of aryl methyl sites for hydroxylation is 1. The quantitative estimate of drug-likeness (QED) is 0.863. The van der Waals surface area contributed by atoms with E-state index >= 15 is 0 Å². The molecule has 2 bridgehead atoms. The summed E-state index contributed by atoms with van der Waals surface area (Å²) >= 11 is 0. The van der Waals surface area contributed by atoms with E-state index in [-0.39, 0.29) is 24.1 Å². The Balaban J connectivity index is 1.30. The van der Waals surface area contributed by atoms with E-state index in [0.717, 1.165) is 56.4 Å². The van der Waals surface area contributed by atoms with Crippen LogP contribution >= 0.6 is 0 Å². The number of carbonyl (C=O) groups excluding carboxylic acids is 1. The molecule has 1 N–H and O–H groups in total. The van der Waals surface area contributed by atoms with Crippen LogP contribution < -0.4 is 5.32 Å². The van der Waals surface area contributed by atoms with Crippen molar-refractivity contribution < 1.29 is 13.9 Å². The molecule has 146 valence electrons. The van der Waals surface area contributed by atoms with Gasteiger partial charge in [0, 0.05) is 12.1 Å². The first-order chi connectivity index (χ1) is 13.7. The first kappa shape index (κ1) is 17.7. The lowest BCUT2D eigenvalue weighted by Gasteiger charge is -2.43. The minimum Gasteiger partial charge on any atom is -0.445 e. The van der Waals surface area contributed by atoms with Gasteiger partial charge in [0.05, 0.1) is 6.04 Å². The van der Waals surface area contributed by atoms with Crippen LogP contribution in [-0.4, -0.2) is 36.7 Å². The van der Waals surface area contributed by atoms with Crippen LogP contribution in [0.15, 0.2) is 42.5 Å². The zero-order valence-electron chi connectivity index (χ0n) is 15.9. The van der Waals surface area contributed by atoms with Crippen LogP contribution in [0, 0.1) is 11.7 Å². The highest BCUT2D eigenvalue weighted by molar-refractivity contribution is 5.70. The van der Waals surface area contributed by atoms with Crippen LogP contribution in [0.1, 0.15) is 36.4 Å². The van der Waals surface area contributed by atoms with Gasteiger partial charge in [-0.2, -0.15) is 0 Å². The van der Waals surface area contributed by atoms with Crippen molar-refractivity contribution in [3.05, 3.63) is 59.4 Å². The van der Waals surface area contributed by atoms with Gasteiger partial charge in [0.1, 0.15) is 11.9 Å². The van der Waals surface area contributed by atoms with E-state index in [1.54, 1.807) is 12.1 Å². The highest BCUT2D eigenvalue weighted by Crippen LogP contribution is 2.35. The van der Waals surface area contributed by atoms with Gasteiger partial charge in [0.2, 0.25) is 0 Å². The second-order valence-corrected chi connectivity index (χ2v) is 8.21. The van der Waals surface area contributed by atoms with Crippen LogP contribution in [0.25, 0.3) is 11.1 Å². The molecule has 5 heteroatoms. The number of nitrogens with one attached hydrogen (secondary N) is 1. The van der Waals surface area contributed by atoms with E-state index in [4.69, 9.17) is 4.74 Å². The summed E-state index contributed by atoms with van der Waals surface area (Å²) in [6.45, 7) is 3.11. The molecule has 2 aromatic carbocycles. The number of rotatable bonds is 3. The van der Waals surface area contributed by atoms with Crippen molar-refractivity contribution in [2.45, 2.75) is 37.8 Å². The molecule has 1 aliphatic carbocycles. The molecule has 4 aliphatic rings. The van der Waals surface area contributed by atoms with Crippen molar-refractivity contribution in [3.8, 4) is 11.1 Å². The predicted molar refractivity (Wildman–Crippen MR) is 105 cm³/mol. The fraction of sp³-hybridized carbons (Fsp3) is 0.435. The summed E-state index contributed by atoms with van der Waals surface area (Å²) in [7, 11) is 0. The number of ether oxygens (including phenoxy) is 1. The third-order valence-corrected chi connectivity index (χ3v) is 6.56. The normalized spacial score (nSPS) is 28.0. The highest BCUT2D eigenvalue weighted by atomic mass is 19.1. The fourth-order valence-electron chi connectivity index (χ4n) is 4.97. The number of nitrogens with zero attached hydrogens (tertiary/aromatic N) is 1. The van der Waals surface area contributed by atoms with Crippen molar-refractivity contribution in [3.63, 3.8) is 0 Å². The molecular formula is C23H25FN2O2. The molecule has 4 nitrogen and oxygen atoms in total. The molecule has 0 radical (unpaired) electrons. The molecular weight excluding hydrogens is 355 g/mol. The minimum absolute atomic E-state index is 0.00752. The molecule has 0 spiro atoms. The molecule has 6 rings (SSSR count). The van der Waals surface area contributed by atoms with Gasteiger partial charge in [-0.15, -0.1) is 0 Å². The van der Waals surface area contributed by atoms with Gasteiger partial charge >= 0.3 is 6.09 Å². The van der Waals surface area contributed by atoms with Crippen molar-refractivity contribution in [2.75, 3.05) is 19.6 Å². The summed E-state index contributed by atoms with van der Waals surface area (Å²) in [6.07, 6.45) is 3.69. The Bertz CT molecular complexity index is 892. The molecule has 1 amide bonds. The Labute approximate surface area is 164 Å². The molecule has 0 aromatic heterocycles. The van der Waals surface area contributed by atoms with E-state index in [0.29, 0.717) is 11.5 Å². The Morgan fingerprint density at radius 3 is 2.68 bits per heavy atom. The number of piperidine rings is 3. The summed E-state index contributed by atoms with van der Waals surface area (Å²) in [4.78, 5) is 14.9. The number of hydrogen-bond donors (Lipinski definition) is 1. The van der Waals surface area contributed by atoms with E-state index in [9.17, 15) is 9.18 Å². The summed E-state index contributed by atoms with van der Waals surface area (Å²) in [5, 5.41) is 3.06. The Hall–Kier alpha value is -2.40. The summed E-state index contributed by atoms with van der Waals surface area (Å²) < 4.78 is 20.0. The van der Waals surface area contributed by atoms with Crippen LogP contribution in [0.4, 0.5) is 9.18 Å². The van der Waals surface area contributed by atoms with Gasteiger partial charge < -0.3 is 10.1 Å². The van der Waals surface area contributed by atoms with Gasteiger partial charge in [-0.3, -0.25) is 4.90 Å². The zero-order chi connectivity index (χ0) is 19.1. The monoisotopic (exact) mass is 380 g/mol. The van der Waals surface area contributed by atoms with Crippen molar-refractivity contribution in [1.29, 1.82) is 0 Å². The maximum Gasteiger partial charge on any atom is 0.407 e. The average Bonchev–Trinajstić information content (AvgIpc) is 3.11. The third kappa shape index (κ3) is 3.28. The highest BCUT2D eigenvalue weighted by Gasteiger charge is 2.37. The molecule has 28 heavy (non-hydrogen) atoms. The summed E-state index contributed by atoms with van der Waals surface area (Å²) in [6, 6.07) is 12.8. The molecule has 1 unspecified atom stereocenters. The van der Waals surface area contributed by atoms with Gasteiger partial charge in [0.25, 0.3) is 0 Å². The van der Waals surface area contributed by atoms with E-state index in [2.05, 4.69) is 16.3 Å². The third-order valence-electron chi connectivity index (χ3n) is 6.56. The topological polar surface area (TPSA) is 41.6 Å². The molecule has 2 aromatic rings. The van der Waals surface area contributed by atoms with E-state index in [1.807, 2.05) is 18.2 Å². The standard InChI is InChI=1S/C23H25FN2O2/c24-20-4-2-1-3-18(20)17-6-5-15-7-8-21(19(15)13-17)25-23(27)28-22-14-26-11-9-16(22)10-12-26/h1-6,13,16,21-22H,7-12,14H2,(H,25,27)/t21?,22-/m1/s1. The van der Waals surface area contributed by atoms with Gasteiger partial charge in [-0.1, -0.05) is 30.3 Å². The maximum atomic E-state index is 14.2. The predicted octanol–water partition coefficient (Wildman–Crippen LogP) is 4.30. The summed E-state index contributed by atoms with van der Waals surface area (Å²) in [5.41, 5.74) is 3.72. The Kier molecular flexibility index (Phi) is 4.55. The molecule has 3 aliphatic heterocycles. The molecule has 3 heterocycles. The van der Waals surface area contributed by atoms with Crippen molar-refractivity contribution in [1.82, 2.24) is 10.2 Å². The first-order valence-corrected chi connectivity index (χ1v) is 10.2. The first-order valence-electron chi connectivity index (χ1n) is 10.2. The van der Waals surface area contributed by atoms with E-state index in [1.165, 1.54) is 11.6 Å². The lowest BCUT2D eigenvalue weighted by molar-refractivity contribution is -0.0339. The zero-order valence-corrected chi connectivity index (χ0v) is 15.9. The largest absolute Gasteiger partial charge is 0.445 e. The average molecular weight is 380 g/mol. The Morgan fingerprint density at radius 2 is 1.93 bits per heavy atom. The number of halogens is 1. The van der Waals surface area contributed by atoms with Crippen molar-refractivity contribution in [2.24, 2.45) is 5.92 Å². The fourth-order valence-corrected chi connectivity index (χ4v) is 4.97. The number of benzene rings is 2. The molecule has 3 saturated heterocycles. The van der Waals surface area contributed by atoms with Gasteiger partial charge in [0.15, 0.2) is 0 Å². The number of fused-ring (bicyclic) bond motifs is 4. The SMILES string of the molecule is O=C(NC1CCc2ccc(-c3ccccc3F)cc21)O[C@@H]1CN2CCC1CC2. The Morgan fingerprint density at radius 1 is 1.11 bits per heavy atom. The second-order valence-electron chi connectivity index (χ2n) is 8.21. The van der Waals surface area contributed by atoms with Crippen molar-refractivity contribution >= 4 is 6.09 Å². The smallest absolute Gasteiger partial charge is 0.407 e. The lowest BCUT2D eigenvalue weighted by atomic mass is 9.86. The number of carbonyl (C=O) groups is 1. The van der Waals surface area contributed by atoms with Crippen LogP contribution in [-0.2, 0) is 11.2 Å². The lowest BCUT2D eigenvalue weighted by Crippen LogP contribution is -2.52. The second kappa shape index (κ2) is 7.21. The van der Waals surface area contributed by atoms with Gasteiger partial charge in [-0.25, -0.2) is 9.18 Å².